The van der Waals surface area contributed by atoms with Gasteiger partial charge in [-0.05, 0) is 12.8 Å². The molecule has 1 aliphatic carbocycles. The Balaban J connectivity index is 2.22. The normalized spacial score (nSPS) is 22.4. The summed E-state index contributed by atoms with van der Waals surface area (Å²) in [6.45, 7) is 4.25. The van der Waals surface area contributed by atoms with Crippen molar-refractivity contribution in [3.8, 4) is 0 Å². The van der Waals surface area contributed by atoms with Crippen LogP contribution in [0.5, 0.6) is 0 Å². The second kappa shape index (κ2) is 37.9. The van der Waals surface area contributed by atoms with E-state index in [2.05, 4.69) is 13.8 Å². The lowest BCUT2D eigenvalue weighted by molar-refractivity contribution is -0.220. The first kappa shape index (κ1) is 56.4. The van der Waals surface area contributed by atoms with Crippen molar-refractivity contribution >= 4 is 13.8 Å². The quantitative estimate of drug-likeness (QED) is 0.0194. The fourth-order valence-electron chi connectivity index (χ4n) is 7.83. The zero-order valence-electron chi connectivity index (χ0n) is 37.6. The van der Waals surface area contributed by atoms with Crippen molar-refractivity contribution in [2.75, 3.05) is 19.8 Å². The van der Waals surface area contributed by atoms with Gasteiger partial charge in [0, 0.05) is 13.0 Å². The molecule has 0 bridgehead atoms. The van der Waals surface area contributed by atoms with Gasteiger partial charge in [0.05, 0.1) is 13.2 Å². The number of rotatable bonds is 42. The summed E-state index contributed by atoms with van der Waals surface area (Å²) in [6.07, 6.45) is 27.8. The van der Waals surface area contributed by atoms with Crippen molar-refractivity contribution in [2.24, 2.45) is 0 Å². The number of aliphatic hydroxyl groups excluding tert-OH is 5. The number of hydrogen-bond acceptors (Lipinski definition) is 11. The molecule has 1 fully saturated rings. The Hall–Kier alpha value is -0.660. The van der Waals surface area contributed by atoms with Crippen LogP contribution in [-0.2, 0) is 27.9 Å². The molecule has 0 spiro atoms. The van der Waals surface area contributed by atoms with Crippen LogP contribution in [0.1, 0.15) is 226 Å². The summed E-state index contributed by atoms with van der Waals surface area (Å²) in [5.41, 5.74) is 0. The summed E-state index contributed by atoms with van der Waals surface area (Å²) < 4.78 is 34.1. The van der Waals surface area contributed by atoms with Crippen molar-refractivity contribution in [2.45, 2.75) is 268 Å². The van der Waals surface area contributed by atoms with Crippen LogP contribution in [0, 0.1) is 0 Å². The second-order valence-corrected chi connectivity index (χ2v) is 18.7. The van der Waals surface area contributed by atoms with Crippen LogP contribution < -0.4 is 0 Å². The number of aliphatic hydroxyl groups is 5. The van der Waals surface area contributed by atoms with Crippen LogP contribution in [0.2, 0.25) is 0 Å². The average Bonchev–Trinajstić information content (AvgIpc) is 3.22. The van der Waals surface area contributed by atoms with Crippen molar-refractivity contribution in [3.63, 3.8) is 0 Å². The number of ether oxygens (including phenoxy) is 2. The van der Waals surface area contributed by atoms with Gasteiger partial charge in [0.1, 0.15) is 42.7 Å². The predicted molar refractivity (Wildman–Crippen MR) is 235 cm³/mol. The SMILES string of the molecule is CCCCCCCCCCCCCCCCCCCCCCCCCCOCC(COP(=O)(O)OC1C(O)C(O)C(O)C(O)C1O)OC(=O)CCCCCCCCCC. The van der Waals surface area contributed by atoms with Gasteiger partial charge in [-0.3, -0.25) is 13.8 Å². The molecule has 0 heterocycles. The molecular weight excluding hydrogens is 775 g/mol. The Labute approximate surface area is 359 Å². The van der Waals surface area contributed by atoms with Crippen molar-refractivity contribution in [1.82, 2.24) is 0 Å². The molecule has 6 unspecified atom stereocenters. The van der Waals surface area contributed by atoms with Gasteiger partial charge in [0.15, 0.2) is 0 Å². The van der Waals surface area contributed by atoms with Gasteiger partial charge in [0.2, 0.25) is 0 Å². The van der Waals surface area contributed by atoms with E-state index in [1.165, 1.54) is 161 Å². The maximum absolute atomic E-state index is 12.8. The van der Waals surface area contributed by atoms with Gasteiger partial charge >= 0.3 is 13.8 Å². The standard InChI is InChI=1S/C46H91O12P/c1-3-5-7-9-11-13-14-15-16-17-18-19-20-21-22-23-24-25-26-27-28-30-32-34-36-55-37-39(57-40(47)35-33-31-29-12-10-8-6-4-2)38-56-59(53,54)58-46-44(51)42(49)41(48)43(50)45(46)52/h39,41-46,48-52H,3-38H2,1-2H3,(H,53,54). The number of carbonyl (C=O) groups is 1. The van der Waals surface area contributed by atoms with E-state index in [1.807, 2.05) is 0 Å². The zero-order valence-corrected chi connectivity index (χ0v) is 38.5. The van der Waals surface area contributed by atoms with E-state index >= 15 is 0 Å². The number of hydrogen-bond donors (Lipinski definition) is 6. The molecule has 6 atom stereocenters. The molecule has 1 saturated carbocycles. The van der Waals surface area contributed by atoms with E-state index in [0.717, 1.165) is 38.5 Å². The minimum atomic E-state index is -5.00. The smallest absolute Gasteiger partial charge is 0.457 e. The maximum atomic E-state index is 12.8. The minimum absolute atomic E-state index is 0.0686. The van der Waals surface area contributed by atoms with Gasteiger partial charge in [-0.15, -0.1) is 0 Å². The third-order valence-corrected chi connectivity index (χ3v) is 12.7. The lowest BCUT2D eigenvalue weighted by atomic mass is 9.85. The lowest BCUT2D eigenvalue weighted by Crippen LogP contribution is -2.64. The molecular formula is C46H91O12P. The molecule has 0 aromatic carbocycles. The van der Waals surface area contributed by atoms with E-state index in [1.54, 1.807) is 0 Å². The van der Waals surface area contributed by atoms with Crippen molar-refractivity contribution in [1.29, 1.82) is 0 Å². The molecule has 352 valence electrons. The van der Waals surface area contributed by atoms with Crippen LogP contribution in [0.4, 0.5) is 0 Å². The fourth-order valence-corrected chi connectivity index (χ4v) is 8.80. The number of carbonyl (C=O) groups excluding carboxylic acids is 1. The van der Waals surface area contributed by atoms with E-state index in [9.17, 15) is 39.8 Å². The summed E-state index contributed by atoms with van der Waals surface area (Å²) in [6, 6.07) is 0. The Bertz CT molecular complexity index is 989. The summed E-state index contributed by atoms with van der Waals surface area (Å²) in [5.74, 6) is -0.477. The van der Waals surface area contributed by atoms with Crippen LogP contribution in [0.25, 0.3) is 0 Å². The molecule has 6 N–H and O–H groups in total. The van der Waals surface area contributed by atoms with Crippen LogP contribution in [0.3, 0.4) is 0 Å². The number of unbranched alkanes of at least 4 members (excludes halogenated alkanes) is 30. The van der Waals surface area contributed by atoms with Crippen LogP contribution in [0.15, 0.2) is 0 Å². The Kier molecular flexibility index (Phi) is 36.2. The molecule has 59 heavy (non-hydrogen) atoms. The first-order valence-electron chi connectivity index (χ1n) is 24.4. The third kappa shape index (κ3) is 30.1. The Morgan fingerprint density at radius 2 is 0.797 bits per heavy atom. The highest BCUT2D eigenvalue weighted by molar-refractivity contribution is 7.47. The highest BCUT2D eigenvalue weighted by atomic mass is 31.2. The number of phosphoric ester groups is 1. The van der Waals surface area contributed by atoms with E-state index < -0.39 is 63.1 Å². The molecule has 12 nitrogen and oxygen atoms in total. The molecule has 0 radical (unpaired) electrons. The van der Waals surface area contributed by atoms with Crippen LogP contribution in [-0.4, -0.2) is 98.9 Å². The third-order valence-electron chi connectivity index (χ3n) is 11.7. The van der Waals surface area contributed by atoms with Crippen molar-refractivity contribution < 1.29 is 58.3 Å². The molecule has 13 heteroatoms. The van der Waals surface area contributed by atoms with E-state index in [0.29, 0.717) is 13.0 Å². The molecule has 0 amide bonds. The van der Waals surface area contributed by atoms with Crippen molar-refractivity contribution in [3.05, 3.63) is 0 Å². The topological polar surface area (TPSA) is 192 Å². The first-order valence-corrected chi connectivity index (χ1v) is 25.9. The highest BCUT2D eigenvalue weighted by Crippen LogP contribution is 2.47. The summed E-state index contributed by atoms with van der Waals surface area (Å²) in [7, 11) is -5.00. The van der Waals surface area contributed by atoms with Gasteiger partial charge in [-0.1, -0.05) is 206 Å². The molecule has 0 saturated heterocycles. The Morgan fingerprint density at radius 1 is 0.475 bits per heavy atom. The summed E-state index contributed by atoms with van der Waals surface area (Å²) >= 11 is 0. The van der Waals surface area contributed by atoms with Crippen LogP contribution >= 0.6 is 7.82 Å². The largest absolute Gasteiger partial charge is 0.472 e. The number of phosphoric acid groups is 1. The highest BCUT2D eigenvalue weighted by Gasteiger charge is 2.51. The first-order chi connectivity index (χ1) is 28.5. The minimum Gasteiger partial charge on any atom is -0.457 e. The Morgan fingerprint density at radius 3 is 1.17 bits per heavy atom. The zero-order chi connectivity index (χ0) is 43.4. The molecule has 0 aromatic heterocycles. The molecule has 0 aromatic rings. The molecule has 0 aliphatic heterocycles. The van der Waals surface area contributed by atoms with Gasteiger partial charge in [-0.2, -0.15) is 0 Å². The monoisotopic (exact) mass is 867 g/mol. The fraction of sp³-hybridized carbons (Fsp3) is 0.978. The molecule has 1 aliphatic rings. The summed E-state index contributed by atoms with van der Waals surface area (Å²) in [5, 5.41) is 50.1. The van der Waals surface area contributed by atoms with Gasteiger partial charge in [-0.25, -0.2) is 4.57 Å². The lowest BCUT2D eigenvalue weighted by Gasteiger charge is -2.41. The molecule has 1 rings (SSSR count). The average molecular weight is 867 g/mol. The number of esters is 1. The van der Waals surface area contributed by atoms with Gasteiger partial charge < -0.3 is 39.9 Å². The van der Waals surface area contributed by atoms with E-state index in [-0.39, 0.29) is 13.0 Å². The maximum Gasteiger partial charge on any atom is 0.472 e. The second-order valence-electron chi connectivity index (χ2n) is 17.3. The van der Waals surface area contributed by atoms with Gasteiger partial charge in [0.25, 0.3) is 0 Å². The van der Waals surface area contributed by atoms with E-state index in [4.69, 9.17) is 18.5 Å². The summed E-state index contributed by atoms with van der Waals surface area (Å²) in [4.78, 5) is 23.0. The predicted octanol–water partition coefficient (Wildman–Crippen LogP) is 10.1.